The van der Waals surface area contributed by atoms with Gasteiger partial charge in [-0.05, 0) is 51.0 Å². The number of hydrogen-bond donors (Lipinski definition) is 4. The first-order valence-electron chi connectivity index (χ1n) is 20.1. The molecule has 2 saturated carbocycles. The number of amides is 2. The third kappa shape index (κ3) is 6.94. The molecule has 2 heterocycles. The number of ketones is 1. The number of fused-ring (bicyclic) bond motifs is 5. The first-order chi connectivity index (χ1) is 28.1. The summed E-state index contributed by atoms with van der Waals surface area (Å²) in [6.45, 7) is 12.3. The van der Waals surface area contributed by atoms with Gasteiger partial charge in [-0.25, -0.2) is 19.3 Å². The van der Waals surface area contributed by atoms with Gasteiger partial charge in [0.25, 0.3) is 5.91 Å². The van der Waals surface area contributed by atoms with Crippen LogP contribution in [0.2, 0.25) is 0 Å². The van der Waals surface area contributed by atoms with Crippen LogP contribution in [0.5, 0.6) is 0 Å². The number of aliphatic hydroxyl groups is 4. The number of ether oxygens (including phenoxy) is 6. The molecule has 2 amide bonds. The number of rotatable bonds is 10. The van der Waals surface area contributed by atoms with Gasteiger partial charge in [0.1, 0.15) is 23.9 Å². The van der Waals surface area contributed by atoms with Crippen molar-refractivity contribution in [3.63, 3.8) is 0 Å². The van der Waals surface area contributed by atoms with Gasteiger partial charge in [-0.15, -0.1) is 0 Å². The van der Waals surface area contributed by atoms with Gasteiger partial charge in [-0.3, -0.25) is 19.2 Å². The number of Topliss-reactive ketones (excluding diaryl/α,β-unsaturated/α-hetero) is 1. The number of esters is 4. The molecule has 61 heavy (non-hydrogen) atoms. The predicted octanol–water partition coefficient (Wildman–Crippen LogP) is 1.71. The van der Waals surface area contributed by atoms with Gasteiger partial charge in [0, 0.05) is 37.5 Å². The second-order valence-electron chi connectivity index (χ2n) is 18.8. The lowest BCUT2D eigenvalue weighted by molar-refractivity contribution is -0.346. The zero-order valence-electron chi connectivity index (χ0n) is 35.9. The number of benzene rings is 1. The molecule has 4 fully saturated rings. The van der Waals surface area contributed by atoms with Gasteiger partial charge in [0.2, 0.25) is 0 Å². The zero-order valence-corrected chi connectivity index (χ0v) is 35.9. The molecule has 0 unspecified atom stereocenters. The summed E-state index contributed by atoms with van der Waals surface area (Å²) in [4.78, 5) is 97.0. The molecule has 0 aromatic heterocycles. The molecular weight excluding hydrogens is 802 g/mol. The highest BCUT2D eigenvalue weighted by atomic mass is 16.6. The van der Waals surface area contributed by atoms with Crippen LogP contribution < -0.4 is 0 Å². The van der Waals surface area contributed by atoms with Crippen LogP contribution in [0.25, 0.3) is 0 Å². The summed E-state index contributed by atoms with van der Waals surface area (Å²) in [6.07, 6.45) is -12.5. The van der Waals surface area contributed by atoms with Crippen LogP contribution >= 0.6 is 0 Å². The topological polar surface area (TPSA) is 259 Å². The van der Waals surface area contributed by atoms with Gasteiger partial charge in [0.05, 0.1) is 42.3 Å². The number of cyclic esters (lactones) is 1. The summed E-state index contributed by atoms with van der Waals surface area (Å²) in [6, 6.07) is 5.93. The van der Waals surface area contributed by atoms with Crippen molar-refractivity contribution in [3.05, 3.63) is 47.0 Å². The van der Waals surface area contributed by atoms with E-state index in [1.165, 1.54) is 67.5 Å². The average Bonchev–Trinajstić information content (AvgIpc) is 3.37. The number of nitrogens with zero attached hydrogens (tertiary/aromatic N) is 1. The normalized spacial score (nSPS) is 34.9. The van der Waals surface area contributed by atoms with Crippen LogP contribution in [-0.2, 0) is 52.4 Å². The molecule has 3 aliphatic carbocycles. The highest BCUT2D eigenvalue weighted by molar-refractivity contribution is 6.03. The highest BCUT2D eigenvalue weighted by Gasteiger charge is 2.78. The minimum Gasteiger partial charge on any atom is -0.456 e. The Balaban J connectivity index is 1.57. The Kier molecular flexibility index (Phi) is 11.4. The van der Waals surface area contributed by atoms with Gasteiger partial charge in [-0.2, -0.15) is 0 Å². The van der Waals surface area contributed by atoms with Gasteiger partial charge in [-0.1, -0.05) is 45.9 Å². The van der Waals surface area contributed by atoms with Crippen LogP contribution in [0.15, 0.2) is 41.5 Å². The molecule has 0 spiro atoms. The van der Waals surface area contributed by atoms with Crippen molar-refractivity contribution in [1.82, 2.24) is 4.90 Å². The standard InChI is InChI=1S/C43H55NO17/c1-20-24(58-35(52)28(49)31(38(4,5)18-45)44-36(53)40(8,9)61-37(44)54)17-43(55)33(59-34(51)23-14-12-11-13-15-23)30-41(10,25(48)16-26-42(30,19-56-26)60-22(3)47)32(50)29(57-21(2)46)27(20)39(43,6)7/h11-15,24-26,28-31,33,45,48-49,55H,16-19H2,1-10H3/t24-,25-,26+,28-,29+,30-,31-,33-,41+,42-,43+/m0/s1. The van der Waals surface area contributed by atoms with E-state index in [-0.39, 0.29) is 29.7 Å². The number of carbonyl (C=O) groups is 7. The molecule has 11 atom stereocenters. The summed E-state index contributed by atoms with van der Waals surface area (Å²) in [5.74, 6) is -7.60. The molecule has 6 rings (SSSR count). The Morgan fingerprint density at radius 1 is 0.967 bits per heavy atom. The Bertz CT molecular complexity index is 2060. The highest BCUT2D eigenvalue weighted by Crippen LogP contribution is 2.64. The summed E-state index contributed by atoms with van der Waals surface area (Å²) in [5, 5.41) is 47.8. The number of imide groups is 1. The number of aliphatic hydroxyl groups excluding tert-OH is 3. The minimum absolute atomic E-state index is 0.0284. The summed E-state index contributed by atoms with van der Waals surface area (Å²) in [5.41, 5.74) is -11.3. The molecule has 5 aliphatic rings. The maximum absolute atomic E-state index is 15.4. The van der Waals surface area contributed by atoms with E-state index in [0.717, 1.165) is 13.8 Å². The van der Waals surface area contributed by atoms with E-state index in [1.54, 1.807) is 18.2 Å². The summed E-state index contributed by atoms with van der Waals surface area (Å²) < 4.78 is 35.2. The SMILES string of the molecule is CC(=O)O[C@H]1C(=O)[C@@]2(C)[C@H]([C@H](OC(=O)c3ccccc3)[C@]3(O)C[C@H](OC(=O)[C@@H](O)[C@H](N4C(=O)OC(C)(C)C4=O)C(C)(C)CO)C(C)=C1C3(C)C)[C@]1(OC(C)=O)CO[C@@H]1C[C@@H]2O. The van der Waals surface area contributed by atoms with E-state index >= 15 is 4.79 Å². The molecular formula is C43H55NO17. The summed E-state index contributed by atoms with van der Waals surface area (Å²) >= 11 is 0. The first kappa shape index (κ1) is 45.8. The van der Waals surface area contributed by atoms with Gasteiger partial charge < -0.3 is 48.8 Å². The molecule has 2 aliphatic heterocycles. The van der Waals surface area contributed by atoms with Crippen molar-refractivity contribution >= 4 is 41.7 Å². The van der Waals surface area contributed by atoms with Crippen molar-refractivity contribution in [2.75, 3.05) is 13.2 Å². The second kappa shape index (κ2) is 15.3. The average molecular weight is 858 g/mol. The Morgan fingerprint density at radius 2 is 1.59 bits per heavy atom. The van der Waals surface area contributed by atoms with Crippen LogP contribution in [0.1, 0.15) is 92.4 Å². The number of hydrogen-bond acceptors (Lipinski definition) is 17. The smallest absolute Gasteiger partial charge is 0.418 e. The minimum atomic E-state index is -2.47. The second-order valence-corrected chi connectivity index (χ2v) is 18.8. The van der Waals surface area contributed by atoms with E-state index in [0.29, 0.717) is 4.90 Å². The Morgan fingerprint density at radius 3 is 2.10 bits per heavy atom. The van der Waals surface area contributed by atoms with Crippen molar-refractivity contribution in [3.8, 4) is 0 Å². The predicted molar refractivity (Wildman–Crippen MR) is 207 cm³/mol. The van der Waals surface area contributed by atoms with Crippen LogP contribution in [0, 0.1) is 22.2 Å². The quantitative estimate of drug-likeness (QED) is 0.148. The molecule has 2 saturated heterocycles. The van der Waals surface area contributed by atoms with Gasteiger partial charge >= 0.3 is 30.0 Å². The lowest BCUT2D eigenvalue weighted by atomic mass is 9.44. The Hall–Kier alpha value is -4.75. The Labute approximate surface area is 352 Å². The molecule has 334 valence electrons. The zero-order chi connectivity index (χ0) is 45.6. The van der Waals surface area contributed by atoms with Crippen molar-refractivity contribution in [2.45, 2.75) is 142 Å². The number of carbonyl (C=O) groups excluding carboxylic acids is 7. The molecule has 18 heteroatoms. The van der Waals surface area contributed by atoms with E-state index in [9.17, 15) is 49.2 Å². The lowest BCUT2D eigenvalue weighted by Gasteiger charge is -2.67. The van der Waals surface area contributed by atoms with Crippen LogP contribution in [0.3, 0.4) is 0 Å². The maximum atomic E-state index is 15.4. The van der Waals surface area contributed by atoms with Crippen LogP contribution in [-0.4, -0.2) is 140 Å². The first-order valence-corrected chi connectivity index (χ1v) is 20.1. The fourth-order valence-electron chi connectivity index (χ4n) is 10.3. The molecule has 18 nitrogen and oxygen atoms in total. The largest absolute Gasteiger partial charge is 0.456 e. The van der Waals surface area contributed by atoms with E-state index < -0.39 is 136 Å². The summed E-state index contributed by atoms with van der Waals surface area (Å²) in [7, 11) is 0. The van der Waals surface area contributed by atoms with Crippen molar-refractivity contribution in [2.24, 2.45) is 22.2 Å². The monoisotopic (exact) mass is 857 g/mol. The molecule has 1 aromatic carbocycles. The van der Waals surface area contributed by atoms with Gasteiger partial charge in [0.15, 0.2) is 29.2 Å². The fourth-order valence-corrected chi connectivity index (χ4v) is 10.3. The van der Waals surface area contributed by atoms with Crippen molar-refractivity contribution in [1.29, 1.82) is 0 Å². The molecule has 0 radical (unpaired) electrons. The molecule has 4 N–H and O–H groups in total. The van der Waals surface area contributed by atoms with E-state index in [1.807, 2.05) is 0 Å². The fraction of sp³-hybridized carbons (Fsp3) is 0.651. The van der Waals surface area contributed by atoms with Crippen LogP contribution in [0.4, 0.5) is 4.79 Å². The van der Waals surface area contributed by atoms with E-state index in [2.05, 4.69) is 0 Å². The maximum Gasteiger partial charge on any atom is 0.418 e. The lowest BCUT2D eigenvalue weighted by Crippen LogP contribution is -2.82. The van der Waals surface area contributed by atoms with Crippen molar-refractivity contribution < 1.29 is 82.4 Å². The third-order valence-electron chi connectivity index (χ3n) is 13.7. The van der Waals surface area contributed by atoms with E-state index in [4.69, 9.17) is 28.4 Å². The molecule has 1 aromatic rings. The molecule has 2 bridgehead atoms. The third-order valence-corrected chi connectivity index (χ3v) is 13.7.